The van der Waals surface area contributed by atoms with Gasteiger partial charge in [0.2, 0.25) is 5.91 Å². The Morgan fingerprint density at radius 1 is 1.21 bits per heavy atom. The Labute approximate surface area is 172 Å². The van der Waals surface area contributed by atoms with E-state index in [1.54, 1.807) is 19.1 Å². The molecule has 1 heterocycles. The van der Waals surface area contributed by atoms with Crippen molar-refractivity contribution in [3.63, 3.8) is 0 Å². The largest absolute Gasteiger partial charge is 0.349 e. The van der Waals surface area contributed by atoms with Gasteiger partial charge in [0.15, 0.2) is 11.0 Å². The summed E-state index contributed by atoms with van der Waals surface area (Å²) in [5, 5.41) is 12.7. The lowest BCUT2D eigenvalue weighted by atomic mass is 10.2. The number of hydrogen-bond donors (Lipinski definition) is 1. The molecule has 0 aliphatic carbocycles. The van der Waals surface area contributed by atoms with Gasteiger partial charge in [0.25, 0.3) is 0 Å². The molecule has 0 aliphatic heterocycles. The second-order valence-electron chi connectivity index (χ2n) is 6.21. The number of carbonyl (C=O) groups excluding carboxylic acids is 1. The van der Waals surface area contributed by atoms with Gasteiger partial charge in [0, 0.05) is 17.2 Å². The Morgan fingerprint density at radius 2 is 1.96 bits per heavy atom. The first kappa shape index (κ1) is 20.4. The van der Waals surface area contributed by atoms with E-state index in [9.17, 15) is 9.18 Å². The van der Waals surface area contributed by atoms with Crippen LogP contribution in [-0.2, 0) is 17.1 Å². The molecule has 2 aromatic carbocycles. The maximum absolute atomic E-state index is 13.1. The molecule has 1 aromatic heterocycles. The van der Waals surface area contributed by atoms with E-state index in [4.69, 9.17) is 11.6 Å². The average molecular weight is 419 g/mol. The van der Waals surface area contributed by atoms with Gasteiger partial charge in [-0.25, -0.2) is 4.39 Å². The summed E-state index contributed by atoms with van der Waals surface area (Å²) in [4.78, 5) is 11.7. The molecule has 3 rings (SSSR count). The highest BCUT2D eigenvalue weighted by Gasteiger charge is 2.17. The fourth-order valence-corrected chi connectivity index (χ4v) is 3.69. The molecule has 0 radical (unpaired) electrons. The summed E-state index contributed by atoms with van der Waals surface area (Å²) in [5.74, 6) is 0.909. The van der Waals surface area contributed by atoms with Crippen LogP contribution in [0.5, 0.6) is 0 Å². The van der Waals surface area contributed by atoms with Crippen LogP contribution in [0.1, 0.15) is 30.3 Å². The SMILES string of the molecule is CCC(=O)NCc1nnc(SCc2ccc(F)cc2)n1-c1cc(Cl)ccc1C. The molecule has 0 bridgehead atoms. The zero-order valence-electron chi connectivity index (χ0n) is 15.6. The van der Waals surface area contributed by atoms with Gasteiger partial charge in [-0.3, -0.25) is 9.36 Å². The normalized spacial score (nSPS) is 10.9. The maximum Gasteiger partial charge on any atom is 0.220 e. The van der Waals surface area contributed by atoms with Crippen LogP contribution in [-0.4, -0.2) is 20.7 Å². The number of hydrogen-bond acceptors (Lipinski definition) is 4. The van der Waals surface area contributed by atoms with Crippen molar-refractivity contribution in [2.75, 3.05) is 0 Å². The Kier molecular flexibility index (Phi) is 6.70. The summed E-state index contributed by atoms with van der Waals surface area (Å²) in [6.45, 7) is 4.04. The van der Waals surface area contributed by atoms with Crippen molar-refractivity contribution < 1.29 is 9.18 Å². The molecule has 0 saturated heterocycles. The predicted octanol–water partition coefficient (Wildman–Crippen LogP) is 4.69. The molecule has 0 aliphatic rings. The van der Waals surface area contributed by atoms with Gasteiger partial charge >= 0.3 is 0 Å². The highest BCUT2D eigenvalue weighted by atomic mass is 35.5. The standard InChI is InChI=1S/C20H20ClFN4OS/c1-3-19(27)23-11-18-24-25-20(28-12-14-5-8-16(22)9-6-14)26(18)17-10-15(21)7-4-13(17)2/h4-10H,3,11-12H2,1-2H3,(H,23,27). The molecule has 28 heavy (non-hydrogen) atoms. The number of halogens is 2. The van der Waals surface area contributed by atoms with Gasteiger partial charge in [-0.05, 0) is 42.3 Å². The van der Waals surface area contributed by atoms with Crippen molar-refractivity contribution in [3.05, 3.63) is 70.3 Å². The van der Waals surface area contributed by atoms with Gasteiger partial charge < -0.3 is 5.32 Å². The summed E-state index contributed by atoms with van der Waals surface area (Å²) >= 11 is 7.70. The second kappa shape index (κ2) is 9.21. The van der Waals surface area contributed by atoms with Crippen LogP contribution < -0.4 is 5.32 Å². The number of carbonyl (C=O) groups is 1. The summed E-state index contributed by atoms with van der Waals surface area (Å²) in [5.41, 5.74) is 2.85. The summed E-state index contributed by atoms with van der Waals surface area (Å²) < 4.78 is 15.0. The van der Waals surface area contributed by atoms with E-state index in [0.717, 1.165) is 16.8 Å². The maximum atomic E-state index is 13.1. The quantitative estimate of drug-likeness (QED) is 0.565. The highest BCUT2D eigenvalue weighted by molar-refractivity contribution is 7.98. The summed E-state index contributed by atoms with van der Waals surface area (Å²) in [6, 6.07) is 12.0. The number of aromatic nitrogens is 3. The van der Waals surface area contributed by atoms with E-state index in [1.165, 1.54) is 23.9 Å². The van der Waals surface area contributed by atoms with Crippen LogP contribution in [0, 0.1) is 12.7 Å². The number of nitrogens with one attached hydrogen (secondary N) is 1. The zero-order valence-corrected chi connectivity index (χ0v) is 17.1. The summed E-state index contributed by atoms with van der Waals surface area (Å²) in [6.07, 6.45) is 0.399. The third kappa shape index (κ3) is 4.91. The predicted molar refractivity (Wildman–Crippen MR) is 109 cm³/mol. The van der Waals surface area contributed by atoms with E-state index in [1.807, 2.05) is 29.7 Å². The second-order valence-corrected chi connectivity index (χ2v) is 7.59. The van der Waals surface area contributed by atoms with Crippen LogP contribution in [0.4, 0.5) is 4.39 Å². The smallest absolute Gasteiger partial charge is 0.220 e. The first-order chi connectivity index (χ1) is 13.5. The molecular formula is C20H20ClFN4OS. The third-order valence-electron chi connectivity index (χ3n) is 4.16. The zero-order chi connectivity index (χ0) is 20.1. The Hall–Kier alpha value is -2.38. The van der Waals surface area contributed by atoms with Crippen LogP contribution in [0.2, 0.25) is 5.02 Å². The fraction of sp³-hybridized carbons (Fsp3) is 0.250. The molecule has 0 spiro atoms. The average Bonchev–Trinajstić information content (AvgIpc) is 3.10. The van der Waals surface area contributed by atoms with Crippen LogP contribution in [0.15, 0.2) is 47.6 Å². The molecule has 5 nitrogen and oxygen atoms in total. The lowest BCUT2D eigenvalue weighted by Crippen LogP contribution is -2.23. The molecule has 1 N–H and O–H groups in total. The van der Waals surface area contributed by atoms with Gasteiger partial charge in [0.05, 0.1) is 12.2 Å². The van der Waals surface area contributed by atoms with E-state index < -0.39 is 0 Å². The first-order valence-electron chi connectivity index (χ1n) is 8.82. The number of aryl methyl sites for hydroxylation is 1. The van der Waals surface area contributed by atoms with Gasteiger partial charge in [-0.15, -0.1) is 10.2 Å². The van der Waals surface area contributed by atoms with Gasteiger partial charge in [0.1, 0.15) is 5.82 Å². The lowest BCUT2D eigenvalue weighted by molar-refractivity contribution is -0.120. The fourth-order valence-electron chi connectivity index (χ4n) is 2.60. The van der Waals surface area contributed by atoms with Crippen molar-refractivity contribution in [1.29, 1.82) is 0 Å². The van der Waals surface area contributed by atoms with Crippen molar-refractivity contribution >= 4 is 29.3 Å². The minimum atomic E-state index is -0.263. The molecule has 0 atom stereocenters. The van der Waals surface area contributed by atoms with Crippen LogP contribution in [0.3, 0.4) is 0 Å². The molecule has 0 unspecified atom stereocenters. The third-order valence-corrected chi connectivity index (χ3v) is 5.39. The molecule has 0 fully saturated rings. The van der Waals surface area contributed by atoms with E-state index >= 15 is 0 Å². The Bertz CT molecular complexity index is 975. The van der Waals surface area contributed by atoms with E-state index in [0.29, 0.717) is 28.2 Å². The number of nitrogens with zero attached hydrogens (tertiary/aromatic N) is 3. The van der Waals surface area contributed by atoms with Crippen LogP contribution >= 0.6 is 23.4 Å². The molecule has 8 heteroatoms. The van der Waals surface area contributed by atoms with Crippen molar-refractivity contribution in [3.8, 4) is 5.69 Å². The van der Waals surface area contributed by atoms with E-state index in [2.05, 4.69) is 15.5 Å². The van der Waals surface area contributed by atoms with Crippen molar-refractivity contribution in [2.24, 2.45) is 0 Å². The lowest BCUT2D eigenvalue weighted by Gasteiger charge is -2.13. The number of amides is 1. The molecule has 0 saturated carbocycles. The highest BCUT2D eigenvalue weighted by Crippen LogP contribution is 2.28. The number of thioether (sulfide) groups is 1. The molecule has 146 valence electrons. The monoisotopic (exact) mass is 418 g/mol. The van der Waals surface area contributed by atoms with Crippen LogP contribution in [0.25, 0.3) is 5.69 Å². The van der Waals surface area contributed by atoms with Crippen molar-refractivity contribution in [2.45, 2.75) is 37.7 Å². The Balaban J connectivity index is 1.92. The molecule has 1 amide bonds. The van der Waals surface area contributed by atoms with Crippen molar-refractivity contribution in [1.82, 2.24) is 20.1 Å². The first-order valence-corrected chi connectivity index (χ1v) is 10.2. The minimum Gasteiger partial charge on any atom is -0.349 e. The topological polar surface area (TPSA) is 59.8 Å². The Morgan fingerprint density at radius 3 is 2.68 bits per heavy atom. The number of rotatable bonds is 7. The molecule has 3 aromatic rings. The molecular weight excluding hydrogens is 399 g/mol. The number of benzene rings is 2. The van der Waals surface area contributed by atoms with Gasteiger partial charge in [-0.1, -0.05) is 48.5 Å². The summed E-state index contributed by atoms with van der Waals surface area (Å²) in [7, 11) is 0. The van der Waals surface area contributed by atoms with Gasteiger partial charge in [-0.2, -0.15) is 0 Å². The minimum absolute atomic E-state index is 0.0575. The van der Waals surface area contributed by atoms with E-state index in [-0.39, 0.29) is 18.3 Å².